The predicted molar refractivity (Wildman–Crippen MR) is 78.2 cm³/mol. The standard InChI is InChI=1S/C15H29F3N2O/c1-4-12(2)14(3,21)11-19-13-5-8-20(9-6-13)10-7-15(16,17)18/h12-13,19,21H,4-11H2,1-3H3. The fourth-order valence-corrected chi connectivity index (χ4v) is 2.61. The van der Waals surface area contributed by atoms with Gasteiger partial charge >= 0.3 is 6.18 Å². The van der Waals surface area contributed by atoms with Crippen LogP contribution < -0.4 is 5.32 Å². The van der Waals surface area contributed by atoms with Crippen LogP contribution >= 0.6 is 0 Å². The summed E-state index contributed by atoms with van der Waals surface area (Å²) in [5, 5.41) is 13.7. The average Bonchev–Trinajstić information content (AvgIpc) is 2.42. The molecule has 1 saturated heterocycles. The number of halogens is 3. The van der Waals surface area contributed by atoms with E-state index < -0.39 is 18.2 Å². The lowest BCUT2D eigenvalue weighted by atomic mass is 9.88. The number of aliphatic hydroxyl groups is 1. The van der Waals surface area contributed by atoms with Gasteiger partial charge in [-0.3, -0.25) is 0 Å². The van der Waals surface area contributed by atoms with Gasteiger partial charge in [-0.25, -0.2) is 0 Å². The fraction of sp³-hybridized carbons (Fsp3) is 1.00. The predicted octanol–water partition coefficient (Wildman–Crippen LogP) is 2.79. The first-order valence-corrected chi connectivity index (χ1v) is 7.89. The number of hydrogen-bond acceptors (Lipinski definition) is 3. The molecule has 2 atom stereocenters. The molecule has 1 rings (SSSR count). The van der Waals surface area contributed by atoms with Crippen molar-refractivity contribution in [2.24, 2.45) is 5.92 Å². The van der Waals surface area contributed by atoms with Gasteiger partial charge in [0.05, 0.1) is 12.0 Å². The number of piperidine rings is 1. The highest BCUT2D eigenvalue weighted by Crippen LogP contribution is 2.22. The second-order valence-electron chi connectivity index (χ2n) is 6.53. The molecule has 3 nitrogen and oxygen atoms in total. The Bertz CT molecular complexity index is 300. The highest BCUT2D eigenvalue weighted by Gasteiger charge is 2.30. The van der Waals surface area contributed by atoms with Crippen LogP contribution in [-0.4, -0.2) is 54.0 Å². The zero-order chi connectivity index (χ0) is 16.1. The number of alkyl halides is 3. The van der Waals surface area contributed by atoms with Gasteiger partial charge in [0.25, 0.3) is 0 Å². The highest BCUT2D eigenvalue weighted by atomic mass is 19.4. The molecule has 6 heteroatoms. The topological polar surface area (TPSA) is 35.5 Å². The van der Waals surface area contributed by atoms with Crippen LogP contribution in [0.15, 0.2) is 0 Å². The van der Waals surface area contributed by atoms with Gasteiger partial charge in [0.1, 0.15) is 0 Å². The number of nitrogens with one attached hydrogen (secondary N) is 1. The molecule has 0 saturated carbocycles. The molecule has 0 bridgehead atoms. The molecule has 1 aliphatic heterocycles. The molecule has 1 aliphatic rings. The Hall–Kier alpha value is -0.330. The van der Waals surface area contributed by atoms with Crippen molar-refractivity contribution in [3.8, 4) is 0 Å². The van der Waals surface area contributed by atoms with Crippen LogP contribution in [0.2, 0.25) is 0 Å². The van der Waals surface area contributed by atoms with Crippen molar-refractivity contribution in [2.75, 3.05) is 26.2 Å². The Morgan fingerprint density at radius 1 is 1.29 bits per heavy atom. The molecular formula is C15H29F3N2O. The summed E-state index contributed by atoms with van der Waals surface area (Å²) < 4.78 is 36.5. The van der Waals surface area contributed by atoms with Crippen molar-refractivity contribution in [3.63, 3.8) is 0 Å². The van der Waals surface area contributed by atoms with Crippen molar-refractivity contribution in [1.29, 1.82) is 0 Å². The molecule has 0 aromatic rings. The molecule has 0 spiro atoms. The quantitative estimate of drug-likeness (QED) is 0.759. The SMILES string of the molecule is CCC(C)C(C)(O)CNC1CCN(CCC(F)(F)F)CC1. The Morgan fingerprint density at radius 2 is 1.86 bits per heavy atom. The summed E-state index contributed by atoms with van der Waals surface area (Å²) >= 11 is 0. The Balaban J connectivity index is 2.25. The molecular weight excluding hydrogens is 281 g/mol. The van der Waals surface area contributed by atoms with Crippen LogP contribution in [0.25, 0.3) is 0 Å². The van der Waals surface area contributed by atoms with Crippen molar-refractivity contribution >= 4 is 0 Å². The van der Waals surface area contributed by atoms with Gasteiger partial charge in [-0.1, -0.05) is 20.3 Å². The van der Waals surface area contributed by atoms with Gasteiger partial charge in [-0.05, 0) is 38.8 Å². The second-order valence-corrected chi connectivity index (χ2v) is 6.53. The van der Waals surface area contributed by atoms with Gasteiger partial charge in [0, 0.05) is 19.1 Å². The molecule has 1 heterocycles. The minimum Gasteiger partial charge on any atom is -0.389 e. The minimum absolute atomic E-state index is 0.0980. The maximum absolute atomic E-state index is 12.2. The first-order valence-electron chi connectivity index (χ1n) is 7.89. The summed E-state index contributed by atoms with van der Waals surface area (Å²) in [5.74, 6) is 0.219. The van der Waals surface area contributed by atoms with Crippen molar-refractivity contribution in [2.45, 2.75) is 64.3 Å². The van der Waals surface area contributed by atoms with Gasteiger partial charge in [0.2, 0.25) is 0 Å². The molecule has 0 aliphatic carbocycles. The van der Waals surface area contributed by atoms with Crippen LogP contribution in [0.3, 0.4) is 0 Å². The maximum atomic E-state index is 12.2. The zero-order valence-corrected chi connectivity index (χ0v) is 13.3. The Labute approximate surface area is 125 Å². The van der Waals surface area contributed by atoms with Crippen LogP contribution in [-0.2, 0) is 0 Å². The van der Waals surface area contributed by atoms with Gasteiger partial charge in [0.15, 0.2) is 0 Å². The van der Waals surface area contributed by atoms with Crippen molar-refractivity contribution < 1.29 is 18.3 Å². The highest BCUT2D eigenvalue weighted by molar-refractivity contribution is 4.85. The van der Waals surface area contributed by atoms with E-state index in [1.165, 1.54) is 0 Å². The molecule has 21 heavy (non-hydrogen) atoms. The van der Waals surface area contributed by atoms with Crippen molar-refractivity contribution in [3.05, 3.63) is 0 Å². The summed E-state index contributed by atoms with van der Waals surface area (Å²) in [7, 11) is 0. The third-order valence-electron chi connectivity index (χ3n) is 4.72. The number of hydrogen-bond donors (Lipinski definition) is 2. The third-order valence-corrected chi connectivity index (χ3v) is 4.72. The summed E-state index contributed by atoms with van der Waals surface area (Å²) in [6.07, 6.45) is -2.19. The van der Waals surface area contributed by atoms with E-state index in [4.69, 9.17) is 0 Å². The van der Waals surface area contributed by atoms with E-state index in [0.717, 1.165) is 19.3 Å². The normalized spacial score (nSPS) is 23.0. The molecule has 0 aromatic heterocycles. The van der Waals surface area contributed by atoms with E-state index in [2.05, 4.69) is 12.2 Å². The number of nitrogens with zero attached hydrogens (tertiary/aromatic N) is 1. The lowest BCUT2D eigenvalue weighted by Crippen LogP contribution is -2.50. The lowest BCUT2D eigenvalue weighted by molar-refractivity contribution is -0.138. The molecule has 0 amide bonds. The van der Waals surface area contributed by atoms with E-state index in [0.29, 0.717) is 25.7 Å². The first kappa shape index (κ1) is 18.7. The summed E-state index contributed by atoms with van der Waals surface area (Å²) in [6, 6.07) is 0.294. The Kier molecular flexibility index (Phi) is 6.94. The third kappa shape index (κ3) is 6.98. The molecule has 2 unspecified atom stereocenters. The van der Waals surface area contributed by atoms with E-state index in [1.54, 1.807) is 0 Å². The Morgan fingerprint density at radius 3 is 2.33 bits per heavy atom. The van der Waals surface area contributed by atoms with Crippen LogP contribution in [0.4, 0.5) is 13.2 Å². The monoisotopic (exact) mass is 310 g/mol. The first-order chi connectivity index (χ1) is 9.64. The molecule has 126 valence electrons. The molecule has 0 aromatic carbocycles. The van der Waals surface area contributed by atoms with E-state index in [1.807, 2.05) is 18.7 Å². The minimum atomic E-state index is -4.07. The van der Waals surface area contributed by atoms with E-state index >= 15 is 0 Å². The number of likely N-dealkylation sites (tertiary alicyclic amines) is 1. The smallest absolute Gasteiger partial charge is 0.389 e. The van der Waals surface area contributed by atoms with Gasteiger partial charge < -0.3 is 15.3 Å². The summed E-state index contributed by atoms with van der Waals surface area (Å²) in [4.78, 5) is 1.87. The fourth-order valence-electron chi connectivity index (χ4n) is 2.61. The van der Waals surface area contributed by atoms with Crippen LogP contribution in [0.1, 0.15) is 46.5 Å². The van der Waals surface area contributed by atoms with Crippen LogP contribution in [0.5, 0.6) is 0 Å². The van der Waals surface area contributed by atoms with Crippen molar-refractivity contribution in [1.82, 2.24) is 10.2 Å². The molecule has 1 fully saturated rings. The molecule has 2 N–H and O–H groups in total. The second kappa shape index (κ2) is 7.79. The van der Waals surface area contributed by atoms with Gasteiger partial charge in [-0.15, -0.1) is 0 Å². The summed E-state index contributed by atoms with van der Waals surface area (Å²) in [6.45, 7) is 7.95. The number of rotatable bonds is 7. The summed E-state index contributed by atoms with van der Waals surface area (Å²) in [5.41, 5.74) is -0.734. The van der Waals surface area contributed by atoms with E-state index in [-0.39, 0.29) is 12.5 Å². The average molecular weight is 310 g/mol. The largest absolute Gasteiger partial charge is 0.390 e. The zero-order valence-electron chi connectivity index (χ0n) is 13.3. The molecule has 0 radical (unpaired) electrons. The van der Waals surface area contributed by atoms with E-state index in [9.17, 15) is 18.3 Å². The van der Waals surface area contributed by atoms with Crippen LogP contribution in [0, 0.1) is 5.92 Å². The van der Waals surface area contributed by atoms with Gasteiger partial charge in [-0.2, -0.15) is 13.2 Å². The maximum Gasteiger partial charge on any atom is 0.390 e. The lowest BCUT2D eigenvalue weighted by Gasteiger charge is -2.36.